The Balaban J connectivity index is 1.93. The van der Waals surface area contributed by atoms with E-state index < -0.39 is 0 Å². The molecule has 3 aromatic rings. The normalized spacial score (nSPS) is 19.6. The molecule has 0 bridgehead atoms. The minimum Gasteiger partial charge on any atom is -0.468 e. The average molecular weight is 334 g/mol. The zero-order valence-corrected chi connectivity index (χ0v) is 14.7. The molecule has 0 aliphatic carbocycles. The summed E-state index contributed by atoms with van der Waals surface area (Å²) in [5.41, 5.74) is 7.12. The number of ether oxygens (including phenoxy) is 1. The van der Waals surface area contributed by atoms with Gasteiger partial charge in [0.1, 0.15) is 6.04 Å². The Kier molecular flexibility index (Phi) is 3.85. The van der Waals surface area contributed by atoms with E-state index in [0.29, 0.717) is 6.42 Å². The van der Waals surface area contributed by atoms with Gasteiger partial charge < -0.3 is 9.72 Å². The summed E-state index contributed by atoms with van der Waals surface area (Å²) in [6, 6.07) is 14.2. The highest BCUT2D eigenvalue weighted by molar-refractivity contribution is 5.87. The van der Waals surface area contributed by atoms with Crippen LogP contribution in [0.5, 0.6) is 0 Å². The quantitative estimate of drug-likeness (QED) is 0.705. The molecule has 0 radical (unpaired) electrons. The first-order valence-corrected chi connectivity index (χ1v) is 8.59. The monoisotopic (exact) mass is 334 g/mol. The molecule has 128 valence electrons. The molecule has 2 atom stereocenters. The van der Waals surface area contributed by atoms with E-state index in [-0.39, 0.29) is 18.1 Å². The van der Waals surface area contributed by atoms with Gasteiger partial charge in [-0.05, 0) is 42.2 Å². The third-order valence-electron chi connectivity index (χ3n) is 5.23. The van der Waals surface area contributed by atoms with Crippen LogP contribution < -0.4 is 5.32 Å². The van der Waals surface area contributed by atoms with Crippen LogP contribution >= 0.6 is 0 Å². The number of esters is 1. The van der Waals surface area contributed by atoms with Gasteiger partial charge in [0.05, 0.1) is 13.2 Å². The maximum Gasteiger partial charge on any atom is 0.323 e. The van der Waals surface area contributed by atoms with E-state index in [9.17, 15) is 4.79 Å². The van der Waals surface area contributed by atoms with Crippen molar-refractivity contribution in [2.24, 2.45) is 0 Å². The number of aromatic amines is 1. The van der Waals surface area contributed by atoms with Crippen LogP contribution in [0.3, 0.4) is 0 Å². The Morgan fingerprint density at radius 3 is 2.52 bits per heavy atom. The zero-order chi connectivity index (χ0) is 17.6. The van der Waals surface area contributed by atoms with E-state index in [2.05, 4.69) is 54.5 Å². The summed E-state index contributed by atoms with van der Waals surface area (Å²) in [4.78, 5) is 15.9. The Morgan fingerprint density at radius 1 is 1.08 bits per heavy atom. The third kappa shape index (κ3) is 2.53. The number of rotatable bonds is 2. The number of aryl methyl sites for hydroxylation is 2. The molecule has 0 amide bonds. The second-order valence-electron chi connectivity index (χ2n) is 6.75. The van der Waals surface area contributed by atoms with Gasteiger partial charge >= 0.3 is 5.97 Å². The molecule has 4 rings (SSSR count). The SMILES string of the molecule is COC(=O)C1Cc2c([nH]c3ccccc23)C(c2c(C)cccc2C)N1. The van der Waals surface area contributed by atoms with Gasteiger partial charge in [0, 0.05) is 23.0 Å². The largest absolute Gasteiger partial charge is 0.468 e. The van der Waals surface area contributed by atoms with Crippen LogP contribution in [0.25, 0.3) is 10.9 Å². The van der Waals surface area contributed by atoms with E-state index in [1.807, 2.05) is 12.1 Å². The maximum absolute atomic E-state index is 12.3. The van der Waals surface area contributed by atoms with Crippen molar-refractivity contribution >= 4 is 16.9 Å². The molecule has 0 saturated carbocycles. The summed E-state index contributed by atoms with van der Waals surface area (Å²) < 4.78 is 5.03. The number of hydrogen-bond donors (Lipinski definition) is 2. The second-order valence-corrected chi connectivity index (χ2v) is 6.75. The molecule has 1 aliphatic heterocycles. The van der Waals surface area contributed by atoms with Gasteiger partial charge in [-0.3, -0.25) is 10.1 Å². The lowest BCUT2D eigenvalue weighted by Gasteiger charge is -2.32. The molecule has 2 heterocycles. The number of H-pyrrole nitrogens is 1. The Bertz CT molecular complexity index is 937. The lowest BCUT2D eigenvalue weighted by Crippen LogP contribution is -2.45. The smallest absolute Gasteiger partial charge is 0.323 e. The number of benzene rings is 2. The fourth-order valence-electron chi connectivity index (χ4n) is 4.04. The second kappa shape index (κ2) is 6.05. The first-order chi connectivity index (χ1) is 12.1. The minimum absolute atomic E-state index is 0.0542. The molecule has 25 heavy (non-hydrogen) atoms. The van der Waals surface area contributed by atoms with Gasteiger partial charge in [0.2, 0.25) is 0 Å². The first-order valence-electron chi connectivity index (χ1n) is 8.59. The van der Waals surface area contributed by atoms with Crippen molar-refractivity contribution in [2.75, 3.05) is 7.11 Å². The highest BCUT2D eigenvalue weighted by Crippen LogP contribution is 2.37. The summed E-state index contributed by atoms with van der Waals surface area (Å²) in [7, 11) is 1.45. The average Bonchev–Trinajstić information content (AvgIpc) is 2.99. The molecule has 0 fully saturated rings. The van der Waals surface area contributed by atoms with Gasteiger partial charge in [-0.2, -0.15) is 0 Å². The number of nitrogens with one attached hydrogen (secondary N) is 2. The molecule has 2 N–H and O–H groups in total. The van der Waals surface area contributed by atoms with Gasteiger partial charge in [0.15, 0.2) is 0 Å². The van der Waals surface area contributed by atoms with Crippen LogP contribution in [0, 0.1) is 13.8 Å². The van der Waals surface area contributed by atoms with Gasteiger partial charge in [-0.1, -0.05) is 36.4 Å². The zero-order valence-electron chi connectivity index (χ0n) is 14.7. The van der Waals surface area contributed by atoms with Crippen LogP contribution in [0.4, 0.5) is 0 Å². The number of aromatic nitrogens is 1. The van der Waals surface area contributed by atoms with E-state index in [1.54, 1.807) is 0 Å². The standard InChI is InChI=1S/C21H22N2O2/c1-12-7-6-8-13(2)18(12)20-19-15(11-17(23-20)21(24)25-3)14-9-4-5-10-16(14)22-19/h4-10,17,20,22-23H,11H2,1-3H3. The molecule has 1 aromatic heterocycles. The van der Waals surface area contributed by atoms with Crippen molar-refractivity contribution in [3.05, 3.63) is 70.4 Å². The number of carbonyl (C=O) groups is 1. The Hall–Kier alpha value is -2.59. The molecule has 4 heteroatoms. The van der Waals surface area contributed by atoms with E-state index in [4.69, 9.17) is 4.74 Å². The van der Waals surface area contributed by atoms with Crippen LogP contribution in [-0.2, 0) is 16.0 Å². The molecule has 1 aliphatic rings. The molecular formula is C21H22N2O2. The Labute approximate surface area is 147 Å². The first kappa shape index (κ1) is 15.9. The lowest BCUT2D eigenvalue weighted by atomic mass is 9.86. The van der Waals surface area contributed by atoms with Crippen LogP contribution in [0.1, 0.15) is 34.0 Å². The number of para-hydroxylation sites is 1. The van der Waals surface area contributed by atoms with Crippen molar-refractivity contribution in [1.29, 1.82) is 0 Å². The predicted molar refractivity (Wildman–Crippen MR) is 98.7 cm³/mol. The van der Waals surface area contributed by atoms with Crippen molar-refractivity contribution in [1.82, 2.24) is 10.3 Å². The van der Waals surface area contributed by atoms with Gasteiger partial charge in [-0.15, -0.1) is 0 Å². The number of carbonyl (C=O) groups excluding carboxylic acids is 1. The highest BCUT2D eigenvalue weighted by Gasteiger charge is 2.35. The molecule has 2 unspecified atom stereocenters. The van der Waals surface area contributed by atoms with Gasteiger partial charge in [-0.25, -0.2) is 0 Å². The highest BCUT2D eigenvalue weighted by atomic mass is 16.5. The fraction of sp³-hybridized carbons (Fsp3) is 0.286. The van der Waals surface area contributed by atoms with E-state index in [1.165, 1.54) is 34.7 Å². The van der Waals surface area contributed by atoms with Crippen molar-refractivity contribution < 1.29 is 9.53 Å². The van der Waals surface area contributed by atoms with Crippen molar-refractivity contribution in [3.63, 3.8) is 0 Å². The molecular weight excluding hydrogens is 312 g/mol. The van der Waals surface area contributed by atoms with Gasteiger partial charge in [0.25, 0.3) is 0 Å². The van der Waals surface area contributed by atoms with Crippen LogP contribution in [0.15, 0.2) is 42.5 Å². The summed E-state index contributed by atoms with van der Waals surface area (Å²) >= 11 is 0. The van der Waals surface area contributed by atoms with Crippen molar-refractivity contribution in [2.45, 2.75) is 32.4 Å². The summed E-state index contributed by atoms with van der Waals surface area (Å²) in [5, 5.41) is 4.70. The summed E-state index contributed by atoms with van der Waals surface area (Å²) in [6.45, 7) is 4.24. The van der Waals surface area contributed by atoms with E-state index >= 15 is 0 Å². The molecule has 2 aromatic carbocycles. The third-order valence-corrected chi connectivity index (χ3v) is 5.23. The maximum atomic E-state index is 12.3. The van der Waals surface area contributed by atoms with Crippen LogP contribution in [-0.4, -0.2) is 24.1 Å². The van der Waals surface area contributed by atoms with E-state index in [0.717, 1.165) is 11.2 Å². The molecule has 4 nitrogen and oxygen atoms in total. The Morgan fingerprint density at radius 2 is 1.80 bits per heavy atom. The fourth-order valence-corrected chi connectivity index (χ4v) is 4.04. The number of fused-ring (bicyclic) bond motifs is 3. The number of methoxy groups -OCH3 is 1. The topological polar surface area (TPSA) is 54.1 Å². The predicted octanol–water partition coefficient (Wildman–Crippen LogP) is 3.56. The summed E-state index contributed by atoms with van der Waals surface area (Å²) in [6.07, 6.45) is 0.632. The van der Waals surface area contributed by atoms with Crippen LogP contribution in [0.2, 0.25) is 0 Å². The number of hydrogen-bond acceptors (Lipinski definition) is 3. The summed E-state index contributed by atoms with van der Waals surface area (Å²) in [5.74, 6) is -0.216. The minimum atomic E-state index is -0.347. The molecule has 0 saturated heterocycles. The lowest BCUT2D eigenvalue weighted by molar-refractivity contribution is -0.143. The van der Waals surface area contributed by atoms with Crippen molar-refractivity contribution in [3.8, 4) is 0 Å². The molecule has 0 spiro atoms.